The van der Waals surface area contributed by atoms with Crippen molar-refractivity contribution in [2.75, 3.05) is 6.67 Å². The fourth-order valence-corrected chi connectivity index (χ4v) is 2.82. The van der Waals surface area contributed by atoms with Crippen LogP contribution in [0.4, 0.5) is 4.39 Å². The van der Waals surface area contributed by atoms with E-state index in [1.807, 2.05) is 33.8 Å². The molecular formula is C18H26FNO2S. The minimum absolute atomic E-state index is 0.236. The maximum atomic E-state index is 13.5. The van der Waals surface area contributed by atoms with Crippen molar-refractivity contribution in [3.05, 3.63) is 53.8 Å². The Labute approximate surface area is 141 Å². The summed E-state index contributed by atoms with van der Waals surface area (Å²) in [6.45, 7) is 10.4. The normalized spacial score (nSPS) is 15.7. The van der Waals surface area contributed by atoms with Gasteiger partial charge in [-0.1, -0.05) is 37.8 Å². The highest BCUT2D eigenvalue weighted by Crippen LogP contribution is 2.26. The van der Waals surface area contributed by atoms with Crippen LogP contribution in [0.2, 0.25) is 0 Å². The first-order chi connectivity index (χ1) is 10.7. The Bertz CT molecular complexity index is 566. The van der Waals surface area contributed by atoms with Crippen LogP contribution in [0.5, 0.6) is 0 Å². The van der Waals surface area contributed by atoms with Gasteiger partial charge in [0.1, 0.15) is 17.5 Å². The summed E-state index contributed by atoms with van der Waals surface area (Å²) in [7, 11) is 0. The van der Waals surface area contributed by atoms with Crippen LogP contribution in [0.3, 0.4) is 0 Å². The number of hydrogen-bond acceptors (Lipinski definition) is 3. The van der Waals surface area contributed by atoms with E-state index in [1.165, 1.54) is 0 Å². The van der Waals surface area contributed by atoms with Crippen molar-refractivity contribution in [3.8, 4) is 0 Å². The maximum absolute atomic E-state index is 13.5. The Hall–Kier alpha value is -1.30. The van der Waals surface area contributed by atoms with Crippen LogP contribution < -0.4 is 4.72 Å². The highest BCUT2D eigenvalue weighted by molar-refractivity contribution is 7.90. The van der Waals surface area contributed by atoms with Gasteiger partial charge >= 0.3 is 0 Å². The molecule has 0 fully saturated rings. The molecule has 3 nitrogen and oxygen atoms in total. The third-order valence-corrected chi connectivity index (χ3v) is 5.02. The van der Waals surface area contributed by atoms with Gasteiger partial charge in [-0.3, -0.25) is 0 Å². The molecule has 2 N–H and O–H groups in total. The van der Waals surface area contributed by atoms with E-state index in [9.17, 15) is 14.0 Å². The van der Waals surface area contributed by atoms with Crippen LogP contribution >= 0.6 is 0 Å². The molecule has 0 aliphatic rings. The van der Waals surface area contributed by atoms with Crippen LogP contribution in [-0.2, 0) is 11.4 Å². The number of rotatable bonds is 7. The van der Waals surface area contributed by atoms with E-state index in [-0.39, 0.29) is 5.76 Å². The second kappa shape index (κ2) is 8.52. The zero-order valence-corrected chi connectivity index (χ0v) is 15.0. The second-order valence-corrected chi connectivity index (χ2v) is 8.25. The molecule has 0 aliphatic heterocycles. The first-order valence-electron chi connectivity index (χ1n) is 7.63. The molecule has 2 unspecified atom stereocenters. The third-order valence-electron chi connectivity index (χ3n) is 3.41. The molecule has 2 atom stereocenters. The molecule has 0 radical (unpaired) electrons. The average molecular weight is 339 g/mol. The van der Waals surface area contributed by atoms with Gasteiger partial charge in [0.15, 0.2) is 0 Å². The summed E-state index contributed by atoms with van der Waals surface area (Å²) in [5.41, 5.74) is 2.08. The van der Waals surface area contributed by atoms with Crippen LogP contribution in [0.1, 0.15) is 51.3 Å². The Balaban J connectivity index is 3.13. The van der Waals surface area contributed by atoms with Crippen LogP contribution in [0.25, 0.3) is 5.57 Å². The fraction of sp³-hybridized carbons (Fsp3) is 0.444. The Kier molecular flexibility index (Phi) is 7.32. The van der Waals surface area contributed by atoms with Crippen LogP contribution in [0.15, 0.2) is 42.7 Å². The smallest absolute Gasteiger partial charge is 0.136 e. The molecular weight excluding hydrogens is 313 g/mol. The predicted molar refractivity (Wildman–Crippen MR) is 96.2 cm³/mol. The molecule has 1 aromatic rings. The minimum atomic E-state index is -1.37. The van der Waals surface area contributed by atoms with Gasteiger partial charge in [0.05, 0.1) is 5.76 Å². The summed E-state index contributed by atoms with van der Waals surface area (Å²) in [6, 6.07) is 6.54. The quantitative estimate of drug-likeness (QED) is 0.433. The summed E-state index contributed by atoms with van der Waals surface area (Å²) < 4.78 is 28.0. The molecule has 1 rings (SSSR count). The standard InChI is InChI=1S/C18H26FNO2S/c1-6-15(17(21)7-2)13-9-8-10-14(11-13)16(12-19)20-23(22)18(3,4)5/h6,8-11,16,20-21H,1,7,12H2,2-5H3/b17-15-. The molecule has 0 aromatic heterocycles. The number of aliphatic hydroxyl groups excluding tert-OH is 1. The van der Waals surface area contributed by atoms with E-state index in [1.54, 1.807) is 24.3 Å². The van der Waals surface area contributed by atoms with E-state index in [0.717, 1.165) is 5.56 Å². The largest absolute Gasteiger partial charge is 0.598 e. The summed E-state index contributed by atoms with van der Waals surface area (Å²) in [6.07, 6.45) is 2.08. The summed E-state index contributed by atoms with van der Waals surface area (Å²) >= 11 is -1.37. The molecule has 23 heavy (non-hydrogen) atoms. The molecule has 0 heterocycles. The Morgan fingerprint density at radius 3 is 2.61 bits per heavy atom. The van der Waals surface area contributed by atoms with Crippen molar-refractivity contribution < 1.29 is 14.0 Å². The van der Waals surface area contributed by atoms with Crippen molar-refractivity contribution in [1.29, 1.82) is 0 Å². The summed E-state index contributed by atoms with van der Waals surface area (Å²) in [5, 5.41) is 9.98. The lowest BCUT2D eigenvalue weighted by Gasteiger charge is -2.27. The lowest BCUT2D eigenvalue weighted by atomic mass is 9.99. The molecule has 0 saturated heterocycles. The molecule has 0 bridgehead atoms. The number of aliphatic hydroxyl groups is 1. The lowest BCUT2D eigenvalue weighted by molar-refractivity contribution is 0.398. The van der Waals surface area contributed by atoms with Gasteiger partial charge in [-0.15, -0.1) is 4.72 Å². The lowest BCUT2D eigenvalue weighted by Crippen LogP contribution is -2.41. The van der Waals surface area contributed by atoms with Gasteiger partial charge in [0.25, 0.3) is 0 Å². The van der Waals surface area contributed by atoms with E-state index < -0.39 is 28.8 Å². The molecule has 0 amide bonds. The van der Waals surface area contributed by atoms with Gasteiger partial charge in [-0.2, -0.15) is 0 Å². The van der Waals surface area contributed by atoms with E-state index in [0.29, 0.717) is 17.6 Å². The SMILES string of the molecule is C=C/C(=C(/O)CC)c1cccc(C(CF)N[S+]([O-])C(C)(C)C)c1. The summed E-state index contributed by atoms with van der Waals surface area (Å²) in [5.74, 6) is 0.236. The molecule has 0 aliphatic carbocycles. The van der Waals surface area contributed by atoms with Crippen LogP contribution in [-0.4, -0.2) is 21.1 Å². The minimum Gasteiger partial charge on any atom is -0.598 e. The molecule has 128 valence electrons. The third kappa shape index (κ3) is 5.37. The van der Waals surface area contributed by atoms with Gasteiger partial charge < -0.3 is 9.66 Å². The fourth-order valence-electron chi connectivity index (χ4n) is 2.01. The number of halogens is 1. The first-order valence-corrected chi connectivity index (χ1v) is 8.78. The molecule has 5 heteroatoms. The maximum Gasteiger partial charge on any atom is 0.136 e. The summed E-state index contributed by atoms with van der Waals surface area (Å²) in [4.78, 5) is 0. The first kappa shape index (κ1) is 19.7. The molecule has 1 aromatic carbocycles. The topological polar surface area (TPSA) is 55.3 Å². The predicted octanol–water partition coefficient (Wildman–Crippen LogP) is 4.61. The van der Waals surface area contributed by atoms with Gasteiger partial charge in [0, 0.05) is 23.4 Å². The van der Waals surface area contributed by atoms with E-state index in [4.69, 9.17) is 0 Å². The average Bonchev–Trinajstić information content (AvgIpc) is 2.52. The number of nitrogens with one attached hydrogen (secondary N) is 1. The monoisotopic (exact) mass is 339 g/mol. The van der Waals surface area contributed by atoms with Gasteiger partial charge in [-0.25, -0.2) is 4.39 Å². The zero-order valence-electron chi connectivity index (χ0n) is 14.2. The zero-order chi connectivity index (χ0) is 17.6. The highest BCUT2D eigenvalue weighted by atomic mass is 32.2. The van der Waals surface area contributed by atoms with Crippen molar-refractivity contribution in [2.24, 2.45) is 0 Å². The second-order valence-electron chi connectivity index (χ2n) is 6.25. The Morgan fingerprint density at radius 2 is 2.13 bits per heavy atom. The Morgan fingerprint density at radius 1 is 1.48 bits per heavy atom. The van der Waals surface area contributed by atoms with Crippen molar-refractivity contribution in [1.82, 2.24) is 4.72 Å². The number of benzene rings is 1. The van der Waals surface area contributed by atoms with Gasteiger partial charge in [0.2, 0.25) is 0 Å². The number of hydrogen-bond donors (Lipinski definition) is 2. The van der Waals surface area contributed by atoms with Crippen molar-refractivity contribution >= 4 is 16.9 Å². The molecule has 0 saturated carbocycles. The van der Waals surface area contributed by atoms with Crippen molar-refractivity contribution in [3.63, 3.8) is 0 Å². The van der Waals surface area contributed by atoms with Gasteiger partial charge in [-0.05, 0) is 38.0 Å². The molecule has 0 spiro atoms. The number of allylic oxidation sites excluding steroid dienone is 3. The highest BCUT2D eigenvalue weighted by Gasteiger charge is 2.30. The van der Waals surface area contributed by atoms with Crippen molar-refractivity contribution in [2.45, 2.75) is 44.9 Å². The van der Waals surface area contributed by atoms with Crippen LogP contribution in [0, 0.1) is 0 Å². The van der Waals surface area contributed by atoms with E-state index >= 15 is 0 Å². The number of alkyl halides is 1. The van der Waals surface area contributed by atoms with E-state index in [2.05, 4.69) is 11.3 Å².